The number of anilines is 1. The minimum Gasteiger partial charge on any atom is -0.410 e. The Morgan fingerprint density at radius 1 is 1.26 bits per heavy atom. The Bertz CT molecular complexity index is 659. The molecule has 23 heavy (non-hydrogen) atoms. The molecule has 0 aliphatic heterocycles. The number of hydrogen-bond donors (Lipinski definition) is 2. The average Bonchev–Trinajstić information content (AvgIpc) is 2.54. The van der Waals surface area contributed by atoms with Crippen molar-refractivity contribution in [2.24, 2.45) is 0 Å². The summed E-state index contributed by atoms with van der Waals surface area (Å²) >= 11 is 0. The highest BCUT2D eigenvalue weighted by molar-refractivity contribution is 5.70. The van der Waals surface area contributed by atoms with Crippen LogP contribution in [0.5, 0.6) is 5.75 Å². The summed E-state index contributed by atoms with van der Waals surface area (Å²) in [6.07, 6.45) is -1.28. The quantitative estimate of drug-likeness (QED) is 0.889. The maximum Gasteiger partial charge on any atom is 0.414 e. The van der Waals surface area contributed by atoms with E-state index in [9.17, 15) is 14.3 Å². The lowest BCUT2D eigenvalue weighted by Crippen LogP contribution is -2.25. The van der Waals surface area contributed by atoms with Gasteiger partial charge in [-0.05, 0) is 42.0 Å². The van der Waals surface area contributed by atoms with E-state index in [1.165, 1.54) is 17.0 Å². The van der Waals surface area contributed by atoms with Crippen LogP contribution < -0.4 is 10.1 Å². The minimum atomic E-state index is -0.793. The highest BCUT2D eigenvalue weighted by atomic mass is 19.1. The fraction of sp³-hybridized carbons (Fsp3) is 0.235. The number of amides is 1. The Morgan fingerprint density at radius 3 is 2.61 bits per heavy atom. The molecule has 0 aliphatic rings. The summed E-state index contributed by atoms with van der Waals surface area (Å²) in [6, 6.07) is 12.6. The summed E-state index contributed by atoms with van der Waals surface area (Å²) in [7, 11) is 3.18. The Hall–Kier alpha value is -2.60. The number of rotatable bonds is 5. The van der Waals surface area contributed by atoms with Gasteiger partial charge in [-0.3, -0.25) is 0 Å². The van der Waals surface area contributed by atoms with E-state index in [1.54, 1.807) is 50.5 Å². The second-order valence-electron chi connectivity index (χ2n) is 5.24. The first kappa shape index (κ1) is 16.8. The molecule has 0 fully saturated rings. The number of ether oxygens (including phenoxy) is 1. The molecule has 0 radical (unpaired) electrons. The second kappa shape index (κ2) is 7.60. The third-order valence-corrected chi connectivity index (χ3v) is 3.16. The molecule has 2 rings (SSSR count). The summed E-state index contributed by atoms with van der Waals surface area (Å²) in [5.74, 6) is 0.0496. The summed E-state index contributed by atoms with van der Waals surface area (Å²) < 4.78 is 18.0. The predicted molar refractivity (Wildman–Crippen MR) is 86.0 cm³/mol. The summed E-state index contributed by atoms with van der Waals surface area (Å²) in [6.45, 7) is 0.247. The minimum absolute atomic E-state index is 0.247. The van der Waals surface area contributed by atoms with Crippen molar-refractivity contribution in [2.45, 2.75) is 6.10 Å². The van der Waals surface area contributed by atoms with E-state index < -0.39 is 12.2 Å². The molecule has 6 heteroatoms. The van der Waals surface area contributed by atoms with Crippen LogP contribution in [0, 0.1) is 5.82 Å². The predicted octanol–water partition coefficient (Wildman–Crippen LogP) is 3.03. The Kier molecular flexibility index (Phi) is 5.54. The lowest BCUT2D eigenvalue weighted by molar-refractivity contribution is 0.170. The molecule has 2 N–H and O–H groups in total. The molecule has 0 heterocycles. The molecule has 0 aromatic heterocycles. The molecule has 0 saturated carbocycles. The van der Waals surface area contributed by atoms with E-state index in [2.05, 4.69) is 5.32 Å². The molecule has 122 valence electrons. The van der Waals surface area contributed by atoms with Crippen molar-refractivity contribution in [3.8, 4) is 5.75 Å². The molecular formula is C17H19FN2O3. The molecule has 0 spiro atoms. The molecular weight excluding hydrogens is 299 g/mol. The molecule has 1 atom stereocenters. The number of benzene rings is 2. The first-order valence-electron chi connectivity index (χ1n) is 7.12. The van der Waals surface area contributed by atoms with Gasteiger partial charge in [0, 0.05) is 26.3 Å². The molecule has 2 aromatic carbocycles. The van der Waals surface area contributed by atoms with Crippen LogP contribution in [-0.4, -0.2) is 36.7 Å². The van der Waals surface area contributed by atoms with E-state index >= 15 is 0 Å². The van der Waals surface area contributed by atoms with Gasteiger partial charge in [-0.2, -0.15) is 0 Å². The smallest absolute Gasteiger partial charge is 0.410 e. The van der Waals surface area contributed by atoms with Crippen LogP contribution >= 0.6 is 0 Å². The molecule has 5 nitrogen and oxygen atoms in total. The van der Waals surface area contributed by atoms with Crippen molar-refractivity contribution in [3.05, 3.63) is 59.9 Å². The van der Waals surface area contributed by atoms with Gasteiger partial charge in [0.15, 0.2) is 0 Å². The zero-order valence-corrected chi connectivity index (χ0v) is 13.0. The first-order valence-corrected chi connectivity index (χ1v) is 7.12. The summed E-state index contributed by atoms with van der Waals surface area (Å²) in [4.78, 5) is 12.8. The van der Waals surface area contributed by atoms with Crippen LogP contribution in [0.1, 0.15) is 11.7 Å². The zero-order chi connectivity index (χ0) is 16.8. The van der Waals surface area contributed by atoms with Crippen molar-refractivity contribution in [2.75, 3.05) is 26.0 Å². The topological polar surface area (TPSA) is 61.8 Å². The van der Waals surface area contributed by atoms with E-state index in [-0.39, 0.29) is 12.4 Å². The highest BCUT2D eigenvalue weighted by Crippen LogP contribution is 2.20. The Labute approximate surface area is 134 Å². The van der Waals surface area contributed by atoms with Crippen LogP contribution in [0.15, 0.2) is 48.5 Å². The van der Waals surface area contributed by atoms with Gasteiger partial charge in [-0.25, -0.2) is 9.18 Å². The number of carbonyl (C=O) groups excluding carboxylic acids is 1. The molecule has 0 aliphatic carbocycles. The Balaban J connectivity index is 1.97. The van der Waals surface area contributed by atoms with Crippen molar-refractivity contribution < 1.29 is 19.0 Å². The second-order valence-corrected chi connectivity index (χ2v) is 5.24. The van der Waals surface area contributed by atoms with E-state index in [1.807, 2.05) is 0 Å². The van der Waals surface area contributed by atoms with Gasteiger partial charge in [0.25, 0.3) is 0 Å². The fourth-order valence-corrected chi connectivity index (χ4v) is 1.88. The molecule has 0 saturated heterocycles. The number of halogens is 1. The first-order chi connectivity index (χ1) is 11.0. The normalized spacial score (nSPS) is 11.7. The van der Waals surface area contributed by atoms with Gasteiger partial charge < -0.3 is 20.1 Å². The number of aliphatic hydroxyl groups is 1. The van der Waals surface area contributed by atoms with Crippen LogP contribution in [-0.2, 0) is 0 Å². The maximum atomic E-state index is 12.8. The molecule has 2 aromatic rings. The largest absolute Gasteiger partial charge is 0.414 e. The molecule has 1 amide bonds. The van der Waals surface area contributed by atoms with Gasteiger partial charge >= 0.3 is 6.09 Å². The maximum absolute atomic E-state index is 12.8. The van der Waals surface area contributed by atoms with Gasteiger partial charge in [0.05, 0.1) is 6.10 Å². The lowest BCUT2D eigenvalue weighted by atomic mass is 10.1. The highest BCUT2D eigenvalue weighted by Gasteiger charge is 2.11. The van der Waals surface area contributed by atoms with E-state index in [4.69, 9.17) is 4.74 Å². The number of hydrogen-bond acceptors (Lipinski definition) is 4. The summed E-state index contributed by atoms with van der Waals surface area (Å²) in [5, 5.41) is 13.2. The number of nitrogens with one attached hydrogen (secondary N) is 1. The van der Waals surface area contributed by atoms with Crippen molar-refractivity contribution in [1.29, 1.82) is 0 Å². The van der Waals surface area contributed by atoms with Gasteiger partial charge in [-0.1, -0.05) is 12.1 Å². The van der Waals surface area contributed by atoms with E-state index in [0.29, 0.717) is 17.0 Å². The zero-order valence-electron chi connectivity index (χ0n) is 13.0. The molecule has 1 unspecified atom stereocenters. The van der Waals surface area contributed by atoms with Gasteiger partial charge in [0.2, 0.25) is 0 Å². The van der Waals surface area contributed by atoms with E-state index in [0.717, 1.165) is 0 Å². The van der Waals surface area contributed by atoms with Crippen LogP contribution in [0.2, 0.25) is 0 Å². The third-order valence-electron chi connectivity index (χ3n) is 3.16. The SMILES string of the molecule is CN(C)C(=O)Oc1cccc(C(O)CNc2ccc(F)cc2)c1. The van der Waals surface area contributed by atoms with Crippen molar-refractivity contribution in [3.63, 3.8) is 0 Å². The van der Waals surface area contributed by atoms with Crippen LogP contribution in [0.3, 0.4) is 0 Å². The van der Waals surface area contributed by atoms with Crippen molar-refractivity contribution in [1.82, 2.24) is 4.90 Å². The molecule has 0 bridgehead atoms. The fourth-order valence-electron chi connectivity index (χ4n) is 1.88. The average molecular weight is 318 g/mol. The third kappa shape index (κ3) is 4.96. The van der Waals surface area contributed by atoms with Crippen molar-refractivity contribution >= 4 is 11.8 Å². The van der Waals surface area contributed by atoms with Crippen LogP contribution in [0.4, 0.5) is 14.9 Å². The Morgan fingerprint density at radius 2 is 1.96 bits per heavy atom. The summed E-state index contributed by atoms with van der Waals surface area (Å²) in [5.41, 5.74) is 1.32. The van der Waals surface area contributed by atoms with Gasteiger partial charge in [0.1, 0.15) is 11.6 Å². The van der Waals surface area contributed by atoms with Crippen LogP contribution in [0.25, 0.3) is 0 Å². The monoisotopic (exact) mass is 318 g/mol. The standard InChI is InChI=1S/C17H19FN2O3/c1-20(2)17(22)23-15-5-3-4-12(10-15)16(21)11-19-14-8-6-13(18)7-9-14/h3-10,16,19,21H,11H2,1-2H3. The lowest BCUT2D eigenvalue weighted by Gasteiger charge is -2.15. The number of carbonyl (C=O) groups is 1. The number of aliphatic hydroxyl groups excluding tert-OH is 1. The van der Waals surface area contributed by atoms with Gasteiger partial charge in [-0.15, -0.1) is 0 Å². The number of nitrogens with zero attached hydrogens (tertiary/aromatic N) is 1.